The van der Waals surface area contributed by atoms with Crippen LogP contribution in [-0.4, -0.2) is 50.8 Å². The summed E-state index contributed by atoms with van der Waals surface area (Å²) >= 11 is 0. The third kappa shape index (κ3) is 6.17. The van der Waals surface area contributed by atoms with Crippen LogP contribution in [0.4, 0.5) is 0 Å². The average molecular weight is 256 g/mol. The van der Waals surface area contributed by atoms with Crippen molar-refractivity contribution in [3.8, 4) is 0 Å². The van der Waals surface area contributed by atoms with Crippen LogP contribution in [0.1, 0.15) is 51.9 Å². The first-order valence-corrected chi connectivity index (χ1v) is 7.70. The van der Waals surface area contributed by atoms with E-state index in [2.05, 4.69) is 24.2 Å². The zero-order valence-electron chi connectivity index (χ0n) is 12.6. The third-order valence-corrected chi connectivity index (χ3v) is 4.18. The molecule has 0 amide bonds. The molecule has 0 heterocycles. The van der Waals surface area contributed by atoms with Gasteiger partial charge in [-0.3, -0.25) is 0 Å². The van der Waals surface area contributed by atoms with Gasteiger partial charge >= 0.3 is 0 Å². The number of hydrogen-bond acceptors (Lipinski definition) is 3. The molecule has 0 aromatic heterocycles. The minimum absolute atomic E-state index is 0.523. The SMILES string of the molecule is CCC(COC)NCCCN(C)C1CCCCC1. The van der Waals surface area contributed by atoms with Crippen molar-refractivity contribution >= 4 is 0 Å². The zero-order chi connectivity index (χ0) is 13.2. The minimum Gasteiger partial charge on any atom is -0.383 e. The molecule has 1 rings (SSSR count). The van der Waals surface area contributed by atoms with Crippen LogP contribution in [0.25, 0.3) is 0 Å². The summed E-state index contributed by atoms with van der Waals surface area (Å²) in [4.78, 5) is 2.57. The fraction of sp³-hybridized carbons (Fsp3) is 1.00. The van der Waals surface area contributed by atoms with E-state index in [1.807, 2.05) is 0 Å². The molecule has 1 aliphatic carbocycles. The highest BCUT2D eigenvalue weighted by Gasteiger charge is 2.17. The number of rotatable bonds is 9. The fourth-order valence-electron chi connectivity index (χ4n) is 2.86. The molecule has 0 aliphatic heterocycles. The van der Waals surface area contributed by atoms with Crippen LogP contribution in [0.5, 0.6) is 0 Å². The second-order valence-corrected chi connectivity index (χ2v) is 5.64. The van der Waals surface area contributed by atoms with Gasteiger partial charge in [0.1, 0.15) is 0 Å². The van der Waals surface area contributed by atoms with Gasteiger partial charge in [0.2, 0.25) is 0 Å². The lowest BCUT2D eigenvalue weighted by Gasteiger charge is -2.31. The monoisotopic (exact) mass is 256 g/mol. The summed E-state index contributed by atoms with van der Waals surface area (Å²) < 4.78 is 5.20. The Morgan fingerprint density at radius 1 is 1.28 bits per heavy atom. The van der Waals surface area contributed by atoms with Gasteiger partial charge in [-0.05, 0) is 45.8 Å². The Labute approximate surface area is 113 Å². The van der Waals surface area contributed by atoms with Crippen molar-refractivity contribution in [1.29, 1.82) is 0 Å². The summed E-state index contributed by atoms with van der Waals surface area (Å²) in [6.07, 6.45) is 9.51. The lowest BCUT2D eigenvalue weighted by molar-refractivity contribution is 0.160. The molecule has 1 unspecified atom stereocenters. The lowest BCUT2D eigenvalue weighted by atomic mass is 9.94. The number of methoxy groups -OCH3 is 1. The smallest absolute Gasteiger partial charge is 0.0615 e. The number of nitrogens with zero attached hydrogens (tertiary/aromatic N) is 1. The van der Waals surface area contributed by atoms with E-state index >= 15 is 0 Å². The van der Waals surface area contributed by atoms with E-state index in [1.54, 1.807) is 7.11 Å². The van der Waals surface area contributed by atoms with Crippen molar-refractivity contribution in [1.82, 2.24) is 10.2 Å². The minimum atomic E-state index is 0.523. The molecule has 0 spiro atoms. The van der Waals surface area contributed by atoms with Crippen LogP contribution in [0.15, 0.2) is 0 Å². The highest BCUT2D eigenvalue weighted by Crippen LogP contribution is 2.21. The second kappa shape index (κ2) is 9.76. The Bertz CT molecular complexity index is 193. The van der Waals surface area contributed by atoms with Gasteiger partial charge in [0.15, 0.2) is 0 Å². The second-order valence-electron chi connectivity index (χ2n) is 5.64. The van der Waals surface area contributed by atoms with Gasteiger partial charge in [0.05, 0.1) is 6.61 Å². The van der Waals surface area contributed by atoms with E-state index in [0.29, 0.717) is 6.04 Å². The maximum absolute atomic E-state index is 5.20. The summed E-state index contributed by atoms with van der Waals surface area (Å²) in [5, 5.41) is 3.58. The van der Waals surface area contributed by atoms with E-state index in [-0.39, 0.29) is 0 Å². The van der Waals surface area contributed by atoms with E-state index in [4.69, 9.17) is 4.74 Å². The zero-order valence-corrected chi connectivity index (χ0v) is 12.6. The lowest BCUT2D eigenvalue weighted by Crippen LogP contribution is -2.37. The molecular weight excluding hydrogens is 224 g/mol. The molecule has 1 aliphatic rings. The van der Waals surface area contributed by atoms with Crippen LogP contribution in [0, 0.1) is 0 Å². The molecule has 0 radical (unpaired) electrons. The molecule has 108 valence electrons. The molecular formula is C15H32N2O. The Hall–Kier alpha value is -0.120. The van der Waals surface area contributed by atoms with Gasteiger partial charge in [-0.2, -0.15) is 0 Å². The van der Waals surface area contributed by atoms with Crippen LogP contribution in [0.3, 0.4) is 0 Å². The van der Waals surface area contributed by atoms with Gasteiger partial charge in [-0.1, -0.05) is 26.2 Å². The molecule has 1 saturated carbocycles. The fourth-order valence-corrected chi connectivity index (χ4v) is 2.86. The van der Waals surface area contributed by atoms with Gasteiger partial charge in [-0.25, -0.2) is 0 Å². The molecule has 3 heteroatoms. The van der Waals surface area contributed by atoms with Crippen molar-refractivity contribution in [3.05, 3.63) is 0 Å². The maximum Gasteiger partial charge on any atom is 0.0615 e. The molecule has 0 bridgehead atoms. The first-order valence-electron chi connectivity index (χ1n) is 7.70. The van der Waals surface area contributed by atoms with Gasteiger partial charge in [0, 0.05) is 19.2 Å². The Morgan fingerprint density at radius 3 is 2.61 bits per heavy atom. The Balaban J connectivity index is 2.05. The number of ether oxygens (including phenoxy) is 1. The highest BCUT2D eigenvalue weighted by atomic mass is 16.5. The average Bonchev–Trinajstić information content (AvgIpc) is 2.43. The molecule has 3 nitrogen and oxygen atoms in total. The van der Waals surface area contributed by atoms with Gasteiger partial charge in [-0.15, -0.1) is 0 Å². The Kier molecular flexibility index (Phi) is 8.64. The van der Waals surface area contributed by atoms with Gasteiger partial charge < -0.3 is 15.0 Å². The van der Waals surface area contributed by atoms with Gasteiger partial charge in [0.25, 0.3) is 0 Å². The summed E-state index contributed by atoms with van der Waals surface area (Å²) in [5.41, 5.74) is 0. The van der Waals surface area contributed by atoms with E-state index in [9.17, 15) is 0 Å². The van der Waals surface area contributed by atoms with Crippen LogP contribution in [-0.2, 0) is 4.74 Å². The van der Waals surface area contributed by atoms with Crippen molar-refractivity contribution in [2.45, 2.75) is 64.0 Å². The Morgan fingerprint density at radius 2 is 2.00 bits per heavy atom. The molecule has 1 fully saturated rings. The van der Waals surface area contributed by atoms with Crippen LogP contribution >= 0.6 is 0 Å². The highest BCUT2D eigenvalue weighted by molar-refractivity contribution is 4.73. The maximum atomic E-state index is 5.20. The molecule has 0 aromatic carbocycles. The van der Waals surface area contributed by atoms with Crippen molar-refractivity contribution < 1.29 is 4.74 Å². The number of hydrogen-bond donors (Lipinski definition) is 1. The van der Waals surface area contributed by atoms with E-state index < -0.39 is 0 Å². The normalized spacial score (nSPS) is 19.3. The van der Waals surface area contributed by atoms with E-state index in [1.165, 1.54) is 45.1 Å². The van der Waals surface area contributed by atoms with Crippen LogP contribution < -0.4 is 5.32 Å². The quantitative estimate of drug-likeness (QED) is 0.642. The molecule has 0 saturated heterocycles. The van der Waals surface area contributed by atoms with Crippen molar-refractivity contribution in [3.63, 3.8) is 0 Å². The van der Waals surface area contributed by atoms with Crippen molar-refractivity contribution in [2.24, 2.45) is 0 Å². The summed E-state index contributed by atoms with van der Waals surface area (Å²) in [6, 6.07) is 1.37. The van der Waals surface area contributed by atoms with E-state index in [0.717, 1.165) is 25.6 Å². The predicted molar refractivity (Wildman–Crippen MR) is 78.1 cm³/mol. The van der Waals surface area contributed by atoms with Crippen molar-refractivity contribution in [2.75, 3.05) is 33.9 Å². The largest absolute Gasteiger partial charge is 0.383 e. The molecule has 1 N–H and O–H groups in total. The van der Waals surface area contributed by atoms with Crippen LogP contribution in [0.2, 0.25) is 0 Å². The third-order valence-electron chi connectivity index (χ3n) is 4.18. The first kappa shape index (κ1) is 15.9. The first-order chi connectivity index (χ1) is 8.77. The molecule has 18 heavy (non-hydrogen) atoms. The standard InChI is InChI=1S/C15H32N2O/c1-4-14(13-18-3)16-11-8-12-17(2)15-9-6-5-7-10-15/h14-16H,4-13H2,1-3H3. The molecule has 0 aromatic rings. The summed E-state index contributed by atoms with van der Waals surface area (Å²) in [7, 11) is 4.07. The number of nitrogens with one attached hydrogen (secondary N) is 1. The summed E-state index contributed by atoms with van der Waals surface area (Å²) in [5.74, 6) is 0. The summed E-state index contributed by atoms with van der Waals surface area (Å²) in [6.45, 7) is 5.37. The predicted octanol–water partition coefficient (Wildman–Crippen LogP) is 2.66. The topological polar surface area (TPSA) is 24.5 Å². The molecule has 1 atom stereocenters.